The van der Waals surface area contributed by atoms with E-state index in [4.69, 9.17) is 4.74 Å². The minimum atomic E-state index is -0.263. The van der Waals surface area contributed by atoms with Crippen LogP contribution >= 0.6 is 11.3 Å². The number of morpholine rings is 1. The highest BCUT2D eigenvalue weighted by Crippen LogP contribution is 2.28. The third kappa shape index (κ3) is 4.32. The van der Waals surface area contributed by atoms with Crippen LogP contribution in [-0.2, 0) is 22.5 Å². The van der Waals surface area contributed by atoms with E-state index >= 15 is 0 Å². The Bertz CT molecular complexity index is 820. The number of nitrogens with zero attached hydrogens (tertiary/aromatic N) is 4. The van der Waals surface area contributed by atoms with Crippen LogP contribution in [0.15, 0.2) is 24.4 Å². The van der Waals surface area contributed by atoms with E-state index < -0.39 is 0 Å². The number of fused-ring (bicyclic) bond motifs is 1. The highest BCUT2D eigenvalue weighted by atomic mass is 32.1. The maximum atomic E-state index is 12.4. The number of carbonyl (C=O) groups is 2. The summed E-state index contributed by atoms with van der Waals surface area (Å²) < 4.78 is 5.30. The Morgan fingerprint density at radius 1 is 1.22 bits per heavy atom. The monoisotopic (exact) mass is 387 g/mol. The van der Waals surface area contributed by atoms with E-state index in [-0.39, 0.29) is 11.8 Å². The van der Waals surface area contributed by atoms with Crippen LogP contribution in [0.3, 0.4) is 0 Å². The SMILES string of the molecule is O=C(Nc1nc2c(s1)CN(CC(=O)N1CCOCC1)CC2)c1ccccn1. The van der Waals surface area contributed by atoms with Gasteiger partial charge in [0.1, 0.15) is 5.69 Å². The number of ether oxygens (including phenoxy) is 1. The van der Waals surface area contributed by atoms with Crippen LogP contribution in [0.25, 0.3) is 0 Å². The predicted octanol–water partition coefficient (Wildman–Crippen LogP) is 1.01. The molecule has 1 saturated heterocycles. The summed E-state index contributed by atoms with van der Waals surface area (Å²) in [6.45, 7) is 4.45. The summed E-state index contributed by atoms with van der Waals surface area (Å²) in [5, 5.41) is 3.40. The molecule has 0 spiro atoms. The first kappa shape index (κ1) is 18.0. The molecule has 2 aromatic rings. The Labute approximate surface area is 161 Å². The zero-order chi connectivity index (χ0) is 18.6. The molecule has 1 fully saturated rings. The zero-order valence-electron chi connectivity index (χ0n) is 14.9. The number of pyridine rings is 1. The van der Waals surface area contributed by atoms with Gasteiger partial charge in [-0.3, -0.25) is 24.8 Å². The number of aromatic nitrogens is 2. The second-order valence-electron chi connectivity index (χ2n) is 6.51. The molecule has 4 heterocycles. The first-order chi connectivity index (χ1) is 13.2. The molecule has 0 atom stereocenters. The molecule has 1 N–H and O–H groups in total. The summed E-state index contributed by atoms with van der Waals surface area (Å²) in [4.78, 5) is 38.4. The molecule has 2 aliphatic rings. The van der Waals surface area contributed by atoms with Crippen LogP contribution in [-0.4, -0.2) is 71.0 Å². The van der Waals surface area contributed by atoms with Crippen LogP contribution < -0.4 is 5.32 Å². The van der Waals surface area contributed by atoms with Gasteiger partial charge in [-0.15, -0.1) is 11.3 Å². The lowest BCUT2D eigenvalue weighted by molar-refractivity contribution is -0.136. The van der Waals surface area contributed by atoms with Gasteiger partial charge in [0, 0.05) is 43.7 Å². The van der Waals surface area contributed by atoms with Crippen molar-refractivity contribution in [3.63, 3.8) is 0 Å². The summed E-state index contributed by atoms with van der Waals surface area (Å²) >= 11 is 1.47. The van der Waals surface area contributed by atoms with Crippen LogP contribution in [0.4, 0.5) is 5.13 Å². The molecular weight excluding hydrogens is 366 g/mol. The Kier molecular flexibility index (Phi) is 5.42. The van der Waals surface area contributed by atoms with Crippen molar-refractivity contribution in [3.8, 4) is 0 Å². The maximum Gasteiger partial charge on any atom is 0.276 e. The van der Waals surface area contributed by atoms with E-state index in [0.717, 1.165) is 23.5 Å². The van der Waals surface area contributed by atoms with Crippen molar-refractivity contribution in [2.45, 2.75) is 13.0 Å². The minimum Gasteiger partial charge on any atom is -0.378 e. The molecule has 0 bridgehead atoms. The number of carbonyl (C=O) groups excluding carboxylic acids is 2. The van der Waals surface area contributed by atoms with E-state index in [1.165, 1.54) is 11.3 Å². The first-order valence-corrected chi connectivity index (χ1v) is 9.79. The highest BCUT2D eigenvalue weighted by molar-refractivity contribution is 7.15. The fourth-order valence-electron chi connectivity index (χ4n) is 3.20. The Morgan fingerprint density at radius 2 is 2.07 bits per heavy atom. The number of thiazole rings is 1. The summed E-state index contributed by atoms with van der Waals surface area (Å²) in [5.41, 5.74) is 1.37. The molecule has 0 aliphatic carbocycles. The smallest absolute Gasteiger partial charge is 0.276 e. The highest BCUT2D eigenvalue weighted by Gasteiger charge is 2.25. The van der Waals surface area contributed by atoms with Gasteiger partial charge in [0.05, 0.1) is 25.5 Å². The van der Waals surface area contributed by atoms with Crippen molar-refractivity contribution in [2.24, 2.45) is 0 Å². The van der Waals surface area contributed by atoms with Gasteiger partial charge in [-0.25, -0.2) is 4.98 Å². The molecule has 2 aliphatic heterocycles. The van der Waals surface area contributed by atoms with E-state index in [2.05, 4.69) is 20.2 Å². The Morgan fingerprint density at radius 3 is 2.85 bits per heavy atom. The number of rotatable bonds is 4. The number of hydrogen-bond donors (Lipinski definition) is 1. The third-order valence-electron chi connectivity index (χ3n) is 4.65. The van der Waals surface area contributed by atoms with E-state index in [9.17, 15) is 9.59 Å². The lowest BCUT2D eigenvalue weighted by Crippen LogP contribution is -2.46. The van der Waals surface area contributed by atoms with Gasteiger partial charge in [-0.05, 0) is 12.1 Å². The molecule has 27 heavy (non-hydrogen) atoms. The first-order valence-electron chi connectivity index (χ1n) is 8.98. The summed E-state index contributed by atoms with van der Waals surface area (Å²) in [7, 11) is 0. The third-order valence-corrected chi connectivity index (χ3v) is 5.65. The normalized spacial score (nSPS) is 17.4. The maximum absolute atomic E-state index is 12.4. The second-order valence-corrected chi connectivity index (χ2v) is 7.60. The van der Waals surface area contributed by atoms with Crippen molar-refractivity contribution in [3.05, 3.63) is 40.7 Å². The topological polar surface area (TPSA) is 87.7 Å². The van der Waals surface area contributed by atoms with Crippen LogP contribution in [0.5, 0.6) is 0 Å². The Hall–Kier alpha value is -2.36. The average molecular weight is 387 g/mol. The van der Waals surface area contributed by atoms with Gasteiger partial charge in [0.15, 0.2) is 5.13 Å². The predicted molar refractivity (Wildman–Crippen MR) is 101 cm³/mol. The Balaban J connectivity index is 1.36. The van der Waals surface area contributed by atoms with Gasteiger partial charge >= 0.3 is 0 Å². The van der Waals surface area contributed by atoms with Gasteiger partial charge < -0.3 is 9.64 Å². The van der Waals surface area contributed by atoms with Gasteiger partial charge in [-0.2, -0.15) is 0 Å². The fraction of sp³-hybridized carbons (Fsp3) is 0.444. The minimum absolute atomic E-state index is 0.148. The van der Waals surface area contributed by atoms with Gasteiger partial charge in [0.25, 0.3) is 5.91 Å². The molecular formula is C18H21N5O3S. The average Bonchev–Trinajstić information content (AvgIpc) is 3.10. The molecule has 0 aromatic carbocycles. The van der Waals surface area contributed by atoms with Crippen molar-refractivity contribution in [1.29, 1.82) is 0 Å². The van der Waals surface area contributed by atoms with Crippen LogP contribution in [0, 0.1) is 0 Å². The van der Waals surface area contributed by atoms with E-state index in [0.29, 0.717) is 50.2 Å². The number of nitrogens with one attached hydrogen (secondary N) is 1. The zero-order valence-corrected chi connectivity index (χ0v) is 15.7. The van der Waals surface area contributed by atoms with E-state index in [1.54, 1.807) is 24.4 Å². The van der Waals surface area contributed by atoms with Crippen molar-refractivity contribution in [1.82, 2.24) is 19.8 Å². The van der Waals surface area contributed by atoms with Crippen molar-refractivity contribution >= 4 is 28.3 Å². The molecule has 2 aromatic heterocycles. The molecule has 2 amide bonds. The standard InChI is InChI=1S/C18H21N5O3S/c24-16(23-7-9-26-10-8-23)12-22-6-4-13-15(11-22)27-18(20-13)21-17(25)14-3-1-2-5-19-14/h1-3,5H,4,6-12H2,(H,20,21,25). The molecule has 8 nitrogen and oxygen atoms in total. The van der Waals surface area contributed by atoms with Gasteiger partial charge in [-0.1, -0.05) is 6.07 Å². The summed E-state index contributed by atoms with van der Waals surface area (Å²) in [6.07, 6.45) is 2.37. The van der Waals surface area contributed by atoms with E-state index in [1.807, 2.05) is 4.90 Å². The molecule has 9 heteroatoms. The lowest BCUT2D eigenvalue weighted by Gasteiger charge is -2.31. The van der Waals surface area contributed by atoms with Crippen molar-refractivity contribution in [2.75, 3.05) is 44.7 Å². The molecule has 0 radical (unpaired) electrons. The molecule has 0 saturated carbocycles. The van der Waals surface area contributed by atoms with Crippen molar-refractivity contribution < 1.29 is 14.3 Å². The van der Waals surface area contributed by atoms with Crippen LogP contribution in [0.1, 0.15) is 21.1 Å². The van der Waals surface area contributed by atoms with Crippen LogP contribution in [0.2, 0.25) is 0 Å². The molecule has 142 valence electrons. The number of anilines is 1. The second kappa shape index (κ2) is 8.12. The largest absolute Gasteiger partial charge is 0.378 e. The fourth-order valence-corrected chi connectivity index (χ4v) is 4.24. The number of amides is 2. The molecule has 0 unspecified atom stereocenters. The lowest BCUT2D eigenvalue weighted by atomic mass is 10.2. The summed E-state index contributed by atoms with van der Waals surface area (Å²) in [6, 6.07) is 5.21. The molecule has 4 rings (SSSR count). The summed E-state index contributed by atoms with van der Waals surface area (Å²) in [5.74, 6) is -0.115. The quantitative estimate of drug-likeness (QED) is 0.842. The number of hydrogen-bond acceptors (Lipinski definition) is 7. The van der Waals surface area contributed by atoms with Gasteiger partial charge in [0.2, 0.25) is 5.91 Å².